The number of hydrogen-bond acceptors (Lipinski definition) is 2. The molecule has 0 saturated heterocycles. The van der Waals surface area contributed by atoms with Crippen LogP contribution < -0.4 is 10.5 Å². The van der Waals surface area contributed by atoms with Crippen LogP contribution in [-0.2, 0) is 6.42 Å². The molecule has 94 valence electrons. The predicted octanol–water partition coefficient (Wildman–Crippen LogP) is 3.04. The van der Waals surface area contributed by atoms with Gasteiger partial charge in [-0.3, -0.25) is 0 Å². The van der Waals surface area contributed by atoms with Crippen molar-refractivity contribution in [2.24, 2.45) is 5.73 Å². The van der Waals surface area contributed by atoms with E-state index in [1.807, 2.05) is 0 Å². The molecule has 0 atom stereocenters. The Hall–Kier alpha value is -1.02. The number of benzene rings is 1. The third kappa shape index (κ3) is 2.47. The van der Waals surface area contributed by atoms with Crippen molar-refractivity contribution in [1.82, 2.24) is 0 Å². The van der Waals surface area contributed by atoms with E-state index >= 15 is 0 Å². The van der Waals surface area contributed by atoms with Crippen LogP contribution in [0.25, 0.3) is 0 Å². The predicted molar refractivity (Wildman–Crippen MR) is 71.7 cm³/mol. The molecule has 0 bridgehead atoms. The molecule has 1 aliphatic carbocycles. The molecule has 1 saturated carbocycles. The molecule has 0 aliphatic heterocycles. The highest BCUT2D eigenvalue weighted by molar-refractivity contribution is 5.49. The van der Waals surface area contributed by atoms with E-state index in [1.165, 1.54) is 35.1 Å². The Morgan fingerprint density at radius 2 is 1.88 bits per heavy atom. The van der Waals surface area contributed by atoms with E-state index in [2.05, 4.69) is 26.8 Å². The first-order valence-electron chi connectivity index (χ1n) is 6.39. The topological polar surface area (TPSA) is 35.2 Å². The Morgan fingerprint density at radius 3 is 2.41 bits per heavy atom. The molecule has 2 rings (SSSR count). The minimum absolute atomic E-state index is 0.136. The summed E-state index contributed by atoms with van der Waals surface area (Å²) in [4.78, 5) is 0. The minimum Gasteiger partial charge on any atom is -0.496 e. The van der Waals surface area contributed by atoms with Crippen LogP contribution in [0.2, 0.25) is 0 Å². The Balaban J connectivity index is 2.25. The largest absolute Gasteiger partial charge is 0.496 e. The zero-order valence-corrected chi connectivity index (χ0v) is 11.4. The fourth-order valence-corrected chi connectivity index (χ4v) is 2.69. The lowest BCUT2D eigenvalue weighted by molar-refractivity contribution is 0.407. The van der Waals surface area contributed by atoms with Gasteiger partial charge in [-0.25, -0.2) is 0 Å². The zero-order chi connectivity index (χ0) is 12.6. The van der Waals surface area contributed by atoms with Gasteiger partial charge in [0.15, 0.2) is 0 Å². The number of aryl methyl sites for hydroxylation is 2. The van der Waals surface area contributed by atoms with Crippen LogP contribution in [0.3, 0.4) is 0 Å². The van der Waals surface area contributed by atoms with Crippen molar-refractivity contribution in [3.63, 3.8) is 0 Å². The smallest absolute Gasteiger partial charge is 0.124 e. The van der Waals surface area contributed by atoms with Crippen molar-refractivity contribution in [1.29, 1.82) is 0 Å². The molecule has 1 aromatic rings. The fraction of sp³-hybridized carbons (Fsp3) is 0.600. The summed E-state index contributed by atoms with van der Waals surface area (Å²) in [5.41, 5.74) is 11.6. The first kappa shape index (κ1) is 12.4. The molecule has 0 amide bonds. The van der Waals surface area contributed by atoms with Crippen LogP contribution in [-0.4, -0.2) is 12.6 Å². The maximum atomic E-state index is 6.16. The van der Waals surface area contributed by atoms with Gasteiger partial charge in [0, 0.05) is 5.54 Å². The summed E-state index contributed by atoms with van der Waals surface area (Å²) in [6, 6.07) is 2.22. The van der Waals surface area contributed by atoms with Gasteiger partial charge >= 0.3 is 0 Å². The van der Waals surface area contributed by atoms with Crippen molar-refractivity contribution in [3.05, 3.63) is 28.3 Å². The maximum Gasteiger partial charge on any atom is 0.124 e. The standard InChI is InChI=1S/C15H23NO/c1-10-9-11(2)14(17-4)12(3)13(10)5-6-15(16)7-8-15/h9H,5-8,16H2,1-4H3. The van der Waals surface area contributed by atoms with Crippen molar-refractivity contribution < 1.29 is 4.74 Å². The van der Waals surface area contributed by atoms with E-state index in [0.29, 0.717) is 0 Å². The molecule has 1 fully saturated rings. The number of methoxy groups -OCH3 is 1. The number of rotatable bonds is 4. The molecular formula is C15H23NO. The average molecular weight is 233 g/mol. The lowest BCUT2D eigenvalue weighted by Gasteiger charge is -2.17. The summed E-state index contributed by atoms with van der Waals surface area (Å²) in [5.74, 6) is 1.03. The van der Waals surface area contributed by atoms with Crippen LogP contribution in [0.15, 0.2) is 6.07 Å². The molecule has 0 heterocycles. The molecule has 2 N–H and O–H groups in total. The highest BCUT2D eigenvalue weighted by Gasteiger charge is 2.37. The lowest BCUT2D eigenvalue weighted by Crippen LogP contribution is -2.22. The summed E-state index contributed by atoms with van der Waals surface area (Å²) >= 11 is 0. The normalized spacial score (nSPS) is 17.0. The van der Waals surface area contributed by atoms with E-state index in [1.54, 1.807) is 7.11 Å². The van der Waals surface area contributed by atoms with Crippen molar-refractivity contribution >= 4 is 0 Å². The van der Waals surface area contributed by atoms with Gasteiger partial charge in [0.2, 0.25) is 0 Å². The third-order valence-corrected chi connectivity index (χ3v) is 4.03. The molecule has 0 radical (unpaired) electrons. The second-order valence-electron chi connectivity index (χ2n) is 5.51. The molecule has 1 aliphatic rings. The minimum atomic E-state index is 0.136. The second kappa shape index (κ2) is 4.34. The summed E-state index contributed by atoms with van der Waals surface area (Å²) in [7, 11) is 1.75. The Morgan fingerprint density at radius 1 is 1.24 bits per heavy atom. The Labute approximate surface area is 104 Å². The quantitative estimate of drug-likeness (QED) is 0.867. The van der Waals surface area contributed by atoms with Gasteiger partial charge in [0.25, 0.3) is 0 Å². The van der Waals surface area contributed by atoms with Crippen LogP contribution in [0.4, 0.5) is 0 Å². The van der Waals surface area contributed by atoms with E-state index < -0.39 is 0 Å². The van der Waals surface area contributed by atoms with Crippen molar-refractivity contribution in [2.75, 3.05) is 7.11 Å². The van der Waals surface area contributed by atoms with Crippen LogP contribution >= 0.6 is 0 Å². The van der Waals surface area contributed by atoms with E-state index in [0.717, 1.165) is 18.6 Å². The molecule has 1 aromatic carbocycles. The van der Waals surface area contributed by atoms with Gasteiger partial charge in [-0.05, 0) is 68.7 Å². The Bertz CT molecular complexity index is 433. The average Bonchev–Trinajstić information content (AvgIpc) is 2.96. The number of hydrogen-bond donors (Lipinski definition) is 1. The summed E-state index contributed by atoms with van der Waals surface area (Å²) < 4.78 is 5.49. The highest BCUT2D eigenvalue weighted by atomic mass is 16.5. The van der Waals surface area contributed by atoms with Gasteiger partial charge in [0.1, 0.15) is 5.75 Å². The molecule has 0 aromatic heterocycles. The number of ether oxygens (including phenoxy) is 1. The molecule has 0 unspecified atom stereocenters. The lowest BCUT2D eigenvalue weighted by atomic mass is 9.93. The van der Waals surface area contributed by atoms with Gasteiger partial charge in [-0.15, -0.1) is 0 Å². The maximum absolute atomic E-state index is 6.16. The van der Waals surface area contributed by atoms with Gasteiger partial charge in [-0.2, -0.15) is 0 Å². The van der Waals surface area contributed by atoms with Crippen LogP contribution in [0.5, 0.6) is 5.75 Å². The summed E-state index contributed by atoms with van der Waals surface area (Å²) in [6.07, 6.45) is 4.55. The highest BCUT2D eigenvalue weighted by Crippen LogP contribution is 2.38. The number of nitrogens with two attached hydrogens (primary N) is 1. The van der Waals surface area contributed by atoms with Crippen LogP contribution in [0, 0.1) is 20.8 Å². The van der Waals surface area contributed by atoms with Crippen molar-refractivity contribution in [3.8, 4) is 5.75 Å². The summed E-state index contributed by atoms with van der Waals surface area (Å²) in [5, 5.41) is 0. The SMILES string of the molecule is COc1c(C)cc(C)c(CCC2(N)CC2)c1C. The van der Waals surface area contributed by atoms with E-state index in [-0.39, 0.29) is 5.54 Å². The van der Waals surface area contributed by atoms with Gasteiger partial charge < -0.3 is 10.5 Å². The summed E-state index contributed by atoms with van der Waals surface area (Å²) in [6.45, 7) is 6.45. The molecule has 2 nitrogen and oxygen atoms in total. The monoisotopic (exact) mass is 233 g/mol. The van der Waals surface area contributed by atoms with Gasteiger partial charge in [0.05, 0.1) is 7.11 Å². The molecule has 2 heteroatoms. The van der Waals surface area contributed by atoms with E-state index in [9.17, 15) is 0 Å². The molecular weight excluding hydrogens is 210 g/mol. The van der Waals surface area contributed by atoms with Crippen molar-refractivity contribution in [2.45, 2.75) is 52.0 Å². The first-order valence-corrected chi connectivity index (χ1v) is 6.39. The van der Waals surface area contributed by atoms with Gasteiger partial charge in [-0.1, -0.05) is 6.07 Å². The van der Waals surface area contributed by atoms with Crippen LogP contribution in [0.1, 0.15) is 41.5 Å². The first-order chi connectivity index (χ1) is 7.97. The molecule has 0 spiro atoms. The van der Waals surface area contributed by atoms with E-state index in [4.69, 9.17) is 10.5 Å². The molecule has 17 heavy (non-hydrogen) atoms. The second-order valence-corrected chi connectivity index (χ2v) is 5.51. The zero-order valence-electron chi connectivity index (χ0n) is 11.4. The third-order valence-electron chi connectivity index (χ3n) is 4.03. The fourth-order valence-electron chi connectivity index (χ4n) is 2.69. The Kier molecular flexibility index (Phi) is 3.17.